The SMILES string of the molecule is CC.COc1ccc2c(c1)OCO2.Fc1ccc(C2CCCNCC2)cc1. The minimum atomic E-state index is -0.138. The lowest BCUT2D eigenvalue weighted by Crippen LogP contribution is -2.13. The van der Waals surface area contributed by atoms with Gasteiger partial charge in [-0.25, -0.2) is 4.39 Å². The van der Waals surface area contributed by atoms with Gasteiger partial charge in [-0.1, -0.05) is 26.0 Å². The van der Waals surface area contributed by atoms with Crippen molar-refractivity contribution in [1.82, 2.24) is 5.32 Å². The van der Waals surface area contributed by atoms with Crippen LogP contribution in [0.3, 0.4) is 0 Å². The molecule has 2 aliphatic rings. The molecule has 1 atom stereocenters. The molecule has 0 bridgehead atoms. The molecule has 1 unspecified atom stereocenters. The van der Waals surface area contributed by atoms with Crippen LogP contribution in [0.1, 0.15) is 44.6 Å². The highest BCUT2D eigenvalue weighted by Crippen LogP contribution is 2.34. The third-order valence-corrected chi connectivity index (χ3v) is 4.50. The van der Waals surface area contributed by atoms with Gasteiger partial charge in [0.25, 0.3) is 0 Å². The van der Waals surface area contributed by atoms with Gasteiger partial charge in [0.1, 0.15) is 11.6 Å². The summed E-state index contributed by atoms with van der Waals surface area (Å²) in [4.78, 5) is 0. The van der Waals surface area contributed by atoms with E-state index < -0.39 is 0 Å². The van der Waals surface area contributed by atoms with Crippen molar-refractivity contribution in [2.75, 3.05) is 27.0 Å². The van der Waals surface area contributed by atoms with Gasteiger partial charge >= 0.3 is 0 Å². The second-order valence-electron chi connectivity index (χ2n) is 6.15. The number of ether oxygens (including phenoxy) is 3. The van der Waals surface area contributed by atoms with Gasteiger partial charge < -0.3 is 19.5 Å². The summed E-state index contributed by atoms with van der Waals surface area (Å²) in [5.41, 5.74) is 1.29. The molecule has 27 heavy (non-hydrogen) atoms. The Morgan fingerprint density at radius 2 is 1.70 bits per heavy atom. The van der Waals surface area contributed by atoms with Crippen molar-refractivity contribution in [3.05, 3.63) is 53.8 Å². The summed E-state index contributed by atoms with van der Waals surface area (Å²) in [7, 11) is 1.62. The quantitative estimate of drug-likeness (QED) is 0.790. The Hall–Kier alpha value is -2.27. The first-order valence-electron chi connectivity index (χ1n) is 9.66. The Morgan fingerprint density at radius 3 is 2.44 bits per heavy atom. The molecular weight excluding hydrogens is 345 g/mol. The average molecular weight is 375 g/mol. The number of benzene rings is 2. The van der Waals surface area contributed by atoms with Gasteiger partial charge in [0.2, 0.25) is 6.79 Å². The fraction of sp³-hybridized carbons (Fsp3) is 0.455. The minimum absolute atomic E-state index is 0.138. The van der Waals surface area contributed by atoms with E-state index in [9.17, 15) is 4.39 Å². The first kappa shape index (κ1) is 21.0. The van der Waals surface area contributed by atoms with E-state index in [-0.39, 0.29) is 5.82 Å². The highest BCUT2D eigenvalue weighted by Gasteiger charge is 2.14. The van der Waals surface area contributed by atoms with Gasteiger partial charge in [0, 0.05) is 6.07 Å². The molecule has 1 saturated heterocycles. The van der Waals surface area contributed by atoms with Crippen LogP contribution >= 0.6 is 0 Å². The third kappa shape index (κ3) is 6.43. The molecular formula is C22H30FNO3. The Bertz CT molecular complexity index is 668. The molecule has 0 saturated carbocycles. The Kier molecular flexibility index (Phi) is 8.92. The predicted octanol–water partition coefficient (Wildman–Crippen LogP) is 5.13. The molecule has 0 amide bonds. The monoisotopic (exact) mass is 375 g/mol. The van der Waals surface area contributed by atoms with E-state index >= 15 is 0 Å². The molecule has 1 N–H and O–H groups in total. The van der Waals surface area contributed by atoms with Crippen LogP contribution in [-0.4, -0.2) is 27.0 Å². The number of nitrogens with one attached hydrogen (secondary N) is 1. The van der Waals surface area contributed by atoms with E-state index in [0.717, 1.165) is 30.3 Å². The highest BCUT2D eigenvalue weighted by atomic mass is 19.1. The van der Waals surface area contributed by atoms with Crippen molar-refractivity contribution in [2.45, 2.75) is 39.0 Å². The average Bonchev–Trinajstić information content (AvgIpc) is 3.02. The van der Waals surface area contributed by atoms with Crippen LogP contribution in [0.4, 0.5) is 4.39 Å². The zero-order valence-electron chi connectivity index (χ0n) is 16.5. The highest BCUT2D eigenvalue weighted by molar-refractivity contribution is 5.46. The second-order valence-corrected chi connectivity index (χ2v) is 6.15. The first-order chi connectivity index (χ1) is 13.3. The number of rotatable bonds is 2. The van der Waals surface area contributed by atoms with Crippen LogP contribution in [0.15, 0.2) is 42.5 Å². The van der Waals surface area contributed by atoms with Crippen molar-refractivity contribution in [3.8, 4) is 17.2 Å². The fourth-order valence-corrected chi connectivity index (χ4v) is 3.09. The zero-order chi connectivity index (χ0) is 19.5. The Morgan fingerprint density at radius 1 is 0.963 bits per heavy atom. The fourth-order valence-electron chi connectivity index (χ4n) is 3.09. The molecule has 1 fully saturated rings. The molecule has 5 heteroatoms. The Balaban J connectivity index is 0.000000181. The topological polar surface area (TPSA) is 39.7 Å². The largest absolute Gasteiger partial charge is 0.497 e. The molecule has 148 valence electrons. The maximum Gasteiger partial charge on any atom is 0.231 e. The summed E-state index contributed by atoms with van der Waals surface area (Å²) in [6.07, 6.45) is 3.62. The van der Waals surface area contributed by atoms with Crippen molar-refractivity contribution in [1.29, 1.82) is 0 Å². The molecule has 0 radical (unpaired) electrons. The summed E-state index contributed by atoms with van der Waals surface area (Å²) >= 11 is 0. The molecule has 2 aromatic carbocycles. The molecule has 0 aromatic heterocycles. The summed E-state index contributed by atoms with van der Waals surface area (Å²) in [6, 6.07) is 12.5. The van der Waals surface area contributed by atoms with Crippen molar-refractivity contribution < 1.29 is 18.6 Å². The van der Waals surface area contributed by atoms with Gasteiger partial charge in [-0.05, 0) is 68.1 Å². The summed E-state index contributed by atoms with van der Waals surface area (Å²) in [5, 5.41) is 3.38. The molecule has 2 aliphatic heterocycles. The maximum absolute atomic E-state index is 12.7. The first-order valence-corrected chi connectivity index (χ1v) is 9.66. The van der Waals surface area contributed by atoms with Crippen LogP contribution < -0.4 is 19.5 Å². The smallest absolute Gasteiger partial charge is 0.231 e. The van der Waals surface area contributed by atoms with E-state index in [4.69, 9.17) is 14.2 Å². The number of hydrogen-bond donors (Lipinski definition) is 1. The lowest BCUT2D eigenvalue weighted by molar-refractivity contribution is 0.174. The molecule has 0 aliphatic carbocycles. The van der Waals surface area contributed by atoms with Crippen LogP contribution in [0.2, 0.25) is 0 Å². The second kappa shape index (κ2) is 11.4. The van der Waals surface area contributed by atoms with E-state index in [1.54, 1.807) is 19.2 Å². The number of hydrogen-bond acceptors (Lipinski definition) is 4. The van der Waals surface area contributed by atoms with Crippen LogP contribution in [0, 0.1) is 5.82 Å². The third-order valence-electron chi connectivity index (χ3n) is 4.50. The molecule has 2 aromatic rings. The number of methoxy groups -OCH3 is 1. The van der Waals surface area contributed by atoms with E-state index in [1.807, 2.05) is 44.2 Å². The molecule has 4 nitrogen and oxygen atoms in total. The zero-order valence-corrected chi connectivity index (χ0v) is 16.5. The lowest BCUT2D eigenvalue weighted by Gasteiger charge is -2.13. The van der Waals surface area contributed by atoms with Gasteiger partial charge in [0.15, 0.2) is 11.5 Å². The minimum Gasteiger partial charge on any atom is -0.497 e. The molecule has 2 heterocycles. The number of halogens is 1. The van der Waals surface area contributed by atoms with E-state index in [2.05, 4.69) is 5.32 Å². The molecule has 0 spiro atoms. The van der Waals surface area contributed by atoms with Crippen LogP contribution in [0.5, 0.6) is 17.2 Å². The van der Waals surface area contributed by atoms with E-state index in [0.29, 0.717) is 12.7 Å². The van der Waals surface area contributed by atoms with Gasteiger partial charge in [0.05, 0.1) is 7.11 Å². The predicted molar refractivity (Wildman–Crippen MR) is 106 cm³/mol. The van der Waals surface area contributed by atoms with Crippen molar-refractivity contribution in [2.24, 2.45) is 0 Å². The lowest BCUT2D eigenvalue weighted by atomic mass is 9.92. The van der Waals surface area contributed by atoms with Gasteiger partial charge in [-0.2, -0.15) is 0 Å². The summed E-state index contributed by atoms with van der Waals surface area (Å²) in [5.74, 6) is 2.80. The van der Waals surface area contributed by atoms with Crippen LogP contribution in [0.25, 0.3) is 0 Å². The molecule has 4 rings (SSSR count). The van der Waals surface area contributed by atoms with Gasteiger partial charge in [-0.15, -0.1) is 0 Å². The normalized spacial score (nSPS) is 17.6. The van der Waals surface area contributed by atoms with E-state index in [1.165, 1.54) is 24.8 Å². The van der Waals surface area contributed by atoms with Crippen molar-refractivity contribution >= 4 is 0 Å². The van der Waals surface area contributed by atoms with Crippen LogP contribution in [-0.2, 0) is 0 Å². The van der Waals surface area contributed by atoms with Gasteiger partial charge in [-0.3, -0.25) is 0 Å². The summed E-state index contributed by atoms with van der Waals surface area (Å²) < 4.78 is 28.0. The summed E-state index contributed by atoms with van der Waals surface area (Å²) in [6.45, 7) is 6.52. The maximum atomic E-state index is 12.7. The van der Waals surface area contributed by atoms with Crippen molar-refractivity contribution in [3.63, 3.8) is 0 Å². The Labute approximate surface area is 161 Å². The standard InChI is InChI=1S/C12H16FN.C8H8O3.C2H6/c13-12-5-3-11(4-6-12)10-2-1-8-14-9-7-10;1-9-6-2-3-7-8(4-6)11-5-10-7;1-2/h3-6,10,14H,1-2,7-9H2;2-4H,5H2,1H3;1-2H3. The number of fused-ring (bicyclic) bond motifs is 1.